The minimum absolute atomic E-state index is 0.00205. The van der Waals surface area contributed by atoms with Crippen LogP contribution in [-0.4, -0.2) is 11.9 Å². The molecule has 1 fully saturated rings. The molecule has 0 bridgehead atoms. The summed E-state index contributed by atoms with van der Waals surface area (Å²) in [6.45, 7) is 0. The third-order valence-corrected chi connectivity index (χ3v) is 4.70. The molecule has 3 atom stereocenters. The topological polar surface area (TPSA) is 52.9 Å². The van der Waals surface area contributed by atoms with Crippen molar-refractivity contribution in [2.45, 2.75) is 50.5 Å². The molecule has 1 aromatic rings. The quantitative estimate of drug-likeness (QED) is 0.896. The van der Waals surface area contributed by atoms with Crippen molar-refractivity contribution in [3.05, 3.63) is 35.4 Å². The summed E-state index contributed by atoms with van der Waals surface area (Å²) < 4.78 is 0. The molecule has 3 heteroatoms. The third-order valence-electron chi connectivity index (χ3n) is 4.70. The number of aryl methyl sites for hydroxylation is 1. The second-order valence-corrected chi connectivity index (χ2v) is 5.93. The van der Waals surface area contributed by atoms with E-state index in [1.165, 1.54) is 11.1 Å². The second-order valence-electron chi connectivity index (χ2n) is 5.93. The Bertz CT molecular complexity index is 546. The highest BCUT2D eigenvalue weighted by Crippen LogP contribution is 2.32. The van der Waals surface area contributed by atoms with E-state index in [1.807, 2.05) is 12.1 Å². The van der Waals surface area contributed by atoms with E-state index in [0.29, 0.717) is 0 Å². The van der Waals surface area contributed by atoms with Crippen LogP contribution in [0.5, 0.6) is 0 Å². The van der Waals surface area contributed by atoms with Gasteiger partial charge in [0, 0.05) is 6.04 Å². The van der Waals surface area contributed by atoms with E-state index in [0.717, 1.165) is 38.5 Å². The van der Waals surface area contributed by atoms with Crippen LogP contribution in [0.15, 0.2) is 24.3 Å². The zero-order chi connectivity index (χ0) is 13.9. The number of nitrogens with one attached hydrogen (secondary N) is 1. The molecule has 0 heterocycles. The first kappa shape index (κ1) is 13.2. The number of fused-ring (bicyclic) bond motifs is 1. The van der Waals surface area contributed by atoms with Crippen molar-refractivity contribution in [1.29, 1.82) is 5.26 Å². The molecular weight excluding hydrogens is 248 g/mol. The van der Waals surface area contributed by atoms with E-state index in [-0.39, 0.29) is 23.8 Å². The van der Waals surface area contributed by atoms with Crippen molar-refractivity contribution in [1.82, 2.24) is 5.32 Å². The number of carbonyl (C=O) groups excluding carboxylic acids is 1. The fourth-order valence-electron chi connectivity index (χ4n) is 3.60. The standard InChI is InChI=1S/C17H20N2O/c18-11-13-7-4-10-16(13)19-17(20)15-9-3-6-12-5-1-2-8-14(12)15/h1-2,5,8,13,15-16H,3-4,6-7,9-10H2,(H,19,20). The summed E-state index contributed by atoms with van der Waals surface area (Å²) in [5.41, 5.74) is 2.49. The Morgan fingerprint density at radius 2 is 2.05 bits per heavy atom. The van der Waals surface area contributed by atoms with Crippen LogP contribution >= 0.6 is 0 Å². The number of hydrogen-bond acceptors (Lipinski definition) is 2. The summed E-state index contributed by atoms with van der Waals surface area (Å²) in [6, 6.07) is 10.6. The minimum atomic E-state index is -0.0279. The number of amides is 1. The van der Waals surface area contributed by atoms with Gasteiger partial charge in [0.15, 0.2) is 0 Å². The molecule has 0 saturated heterocycles. The maximum Gasteiger partial charge on any atom is 0.227 e. The highest BCUT2D eigenvalue weighted by molar-refractivity contribution is 5.84. The summed E-state index contributed by atoms with van der Waals surface area (Å²) in [7, 11) is 0. The van der Waals surface area contributed by atoms with Crippen LogP contribution < -0.4 is 5.32 Å². The predicted octanol–water partition coefficient (Wildman–Crippen LogP) is 2.91. The summed E-state index contributed by atoms with van der Waals surface area (Å²) in [5, 5.41) is 12.2. The average molecular weight is 268 g/mol. The van der Waals surface area contributed by atoms with Crippen molar-refractivity contribution < 1.29 is 4.79 Å². The SMILES string of the molecule is N#CC1CCCC1NC(=O)C1CCCc2ccccc21. The Labute approximate surface area is 120 Å². The number of rotatable bonds is 2. The van der Waals surface area contributed by atoms with Gasteiger partial charge in [0.2, 0.25) is 5.91 Å². The van der Waals surface area contributed by atoms with Gasteiger partial charge in [0.1, 0.15) is 0 Å². The fourth-order valence-corrected chi connectivity index (χ4v) is 3.60. The lowest BCUT2D eigenvalue weighted by molar-refractivity contribution is -0.123. The zero-order valence-corrected chi connectivity index (χ0v) is 11.6. The maximum atomic E-state index is 12.6. The van der Waals surface area contributed by atoms with Gasteiger partial charge < -0.3 is 5.32 Å². The Hall–Kier alpha value is -1.82. The number of carbonyl (C=O) groups is 1. The van der Waals surface area contributed by atoms with E-state index in [1.54, 1.807) is 0 Å². The van der Waals surface area contributed by atoms with E-state index < -0.39 is 0 Å². The van der Waals surface area contributed by atoms with Gasteiger partial charge >= 0.3 is 0 Å². The van der Waals surface area contributed by atoms with Crippen molar-refractivity contribution in [2.24, 2.45) is 5.92 Å². The molecule has 1 N–H and O–H groups in total. The number of nitrogens with zero attached hydrogens (tertiary/aromatic N) is 1. The highest BCUT2D eigenvalue weighted by Gasteiger charge is 2.32. The first-order valence-electron chi connectivity index (χ1n) is 7.57. The van der Waals surface area contributed by atoms with Gasteiger partial charge in [-0.15, -0.1) is 0 Å². The van der Waals surface area contributed by atoms with Gasteiger partial charge in [0.05, 0.1) is 17.9 Å². The lowest BCUT2D eigenvalue weighted by Crippen LogP contribution is -2.40. The van der Waals surface area contributed by atoms with Gasteiger partial charge in [-0.05, 0) is 49.7 Å². The number of nitriles is 1. The first-order valence-corrected chi connectivity index (χ1v) is 7.57. The molecule has 20 heavy (non-hydrogen) atoms. The molecule has 3 unspecified atom stereocenters. The van der Waals surface area contributed by atoms with E-state index in [9.17, 15) is 4.79 Å². The Kier molecular flexibility index (Phi) is 3.73. The highest BCUT2D eigenvalue weighted by atomic mass is 16.1. The van der Waals surface area contributed by atoms with Crippen LogP contribution in [-0.2, 0) is 11.2 Å². The maximum absolute atomic E-state index is 12.6. The molecule has 0 spiro atoms. The molecule has 104 valence electrons. The summed E-state index contributed by atoms with van der Waals surface area (Å²) >= 11 is 0. The smallest absolute Gasteiger partial charge is 0.227 e. The van der Waals surface area contributed by atoms with Crippen molar-refractivity contribution in [3.63, 3.8) is 0 Å². The fraction of sp³-hybridized carbons (Fsp3) is 0.529. The van der Waals surface area contributed by atoms with E-state index in [4.69, 9.17) is 5.26 Å². The molecule has 3 rings (SSSR count). The van der Waals surface area contributed by atoms with E-state index in [2.05, 4.69) is 23.5 Å². The van der Waals surface area contributed by atoms with E-state index >= 15 is 0 Å². The molecule has 2 aliphatic rings. The van der Waals surface area contributed by atoms with Crippen LogP contribution in [0, 0.1) is 17.2 Å². The van der Waals surface area contributed by atoms with Crippen molar-refractivity contribution >= 4 is 5.91 Å². The van der Waals surface area contributed by atoms with Crippen molar-refractivity contribution in [2.75, 3.05) is 0 Å². The normalized spacial score (nSPS) is 28.4. The van der Waals surface area contributed by atoms with Gasteiger partial charge in [-0.2, -0.15) is 5.26 Å². The summed E-state index contributed by atoms with van der Waals surface area (Å²) in [5.74, 6) is 0.0852. The molecule has 1 aromatic carbocycles. The zero-order valence-electron chi connectivity index (χ0n) is 11.6. The molecule has 0 radical (unpaired) electrons. The number of hydrogen-bond donors (Lipinski definition) is 1. The molecule has 1 saturated carbocycles. The molecule has 3 nitrogen and oxygen atoms in total. The van der Waals surface area contributed by atoms with Crippen LogP contribution in [0.1, 0.15) is 49.1 Å². The average Bonchev–Trinajstić information content (AvgIpc) is 2.93. The second kappa shape index (κ2) is 5.66. The van der Waals surface area contributed by atoms with Gasteiger partial charge in [-0.25, -0.2) is 0 Å². The molecule has 0 aromatic heterocycles. The molecule has 2 aliphatic carbocycles. The van der Waals surface area contributed by atoms with Gasteiger partial charge in [-0.1, -0.05) is 24.3 Å². The van der Waals surface area contributed by atoms with Crippen LogP contribution in [0.2, 0.25) is 0 Å². The Morgan fingerprint density at radius 1 is 1.20 bits per heavy atom. The van der Waals surface area contributed by atoms with Gasteiger partial charge in [-0.3, -0.25) is 4.79 Å². The summed E-state index contributed by atoms with van der Waals surface area (Å²) in [4.78, 5) is 12.6. The monoisotopic (exact) mass is 268 g/mol. The summed E-state index contributed by atoms with van der Waals surface area (Å²) in [6.07, 6.45) is 5.98. The third kappa shape index (κ3) is 2.43. The van der Waals surface area contributed by atoms with Crippen LogP contribution in [0.25, 0.3) is 0 Å². The largest absolute Gasteiger partial charge is 0.352 e. The van der Waals surface area contributed by atoms with Gasteiger partial charge in [0.25, 0.3) is 0 Å². The molecular formula is C17H20N2O. The van der Waals surface area contributed by atoms with Crippen LogP contribution in [0.4, 0.5) is 0 Å². The molecule has 0 aliphatic heterocycles. The first-order chi connectivity index (χ1) is 9.79. The molecule has 1 amide bonds. The predicted molar refractivity (Wildman–Crippen MR) is 77.0 cm³/mol. The minimum Gasteiger partial charge on any atom is -0.352 e. The van der Waals surface area contributed by atoms with Crippen LogP contribution in [0.3, 0.4) is 0 Å². The number of benzene rings is 1. The lowest BCUT2D eigenvalue weighted by atomic mass is 9.82. The Morgan fingerprint density at radius 3 is 2.90 bits per heavy atom. The van der Waals surface area contributed by atoms with Crippen molar-refractivity contribution in [3.8, 4) is 6.07 Å². The lowest BCUT2D eigenvalue weighted by Gasteiger charge is -2.26. The Balaban J connectivity index is 1.74.